The molecular weight excluding hydrogens is 204 g/mol. The zero-order valence-corrected chi connectivity index (χ0v) is 9.81. The molecule has 0 bridgehead atoms. The summed E-state index contributed by atoms with van der Waals surface area (Å²) in [7, 11) is 1.76. The molecule has 0 saturated carbocycles. The van der Waals surface area contributed by atoms with Crippen molar-refractivity contribution in [3.05, 3.63) is 22.1 Å². The van der Waals surface area contributed by atoms with Gasteiger partial charge in [0.2, 0.25) is 5.95 Å². The van der Waals surface area contributed by atoms with E-state index < -0.39 is 0 Å². The zero-order valence-electron chi connectivity index (χ0n) is 9.81. The summed E-state index contributed by atoms with van der Waals surface area (Å²) in [6.07, 6.45) is 1.92. The van der Waals surface area contributed by atoms with Crippen LogP contribution in [0.25, 0.3) is 0 Å². The monoisotopic (exact) mass is 222 g/mol. The van der Waals surface area contributed by atoms with E-state index in [4.69, 9.17) is 5.73 Å². The Morgan fingerprint density at radius 2 is 2.06 bits per heavy atom. The molecule has 5 nitrogen and oxygen atoms in total. The second-order valence-corrected chi connectivity index (χ2v) is 4.42. The average Bonchev–Trinajstić information content (AvgIpc) is 2.25. The summed E-state index contributed by atoms with van der Waals surface area (Å²) in [6.45, 7) is 3.61. The largest absolute Gasteiger partial charge is 0.342 e. The molecule has 0 aromatic carbocycles. The van der Waals surface area contributed by atoms with Crippen molar-refractivity contribution in [3.63, 3.8) is 0 Å². The molecule has 2 rings (SSSR count). The van der Waals surface area contributed by atoms with E-state index >= 15 is 0 Å². The Hall–Kier alpha value is -1.36. The lowest BCUT2D eigenvalue weighted by Gasteiger charge is -2.31. The molecule has 2 N–H and O–H groups in total. The minimum absolute atomic E-state index is 0.00243. The molecule has 0 aliphatic carbocycles. The Bertz CT molecular complexity index is 432. The third-order valence-electron chi connectivity index (χ3n) is 3.06. The summed E-state index contributed by atoms with van der Waals surface area (Å²) in [6, 6.07) is 1.84. The summed E-state index contributed by atoms with van der Waals surface area (Å²) in [4.78, 5) is 18.2. The molecule has 2 heterocycles. The Labute approximate surface area is 94.9 Å². The third-order valence-corrected chi connectivity index (χ3v) is 3.06. The Kier molecular flexibility index (Phi) is 2.96. The summed E-state index contributed by atoms with van der Waals surface area (Å²) in [5.74, 6) is 0.761. The smallest absolute Gasteiger partial charge is 0.254 e. The lowest BCUT2D eigenvalue weighted by atomic mass is 10.1. The molecule has 1 fully saturated rings. The van der Waals surface area contributed by atoms with Crippen molar-refractivity contribution in [2.24, 2.45) is 12.8 Å². The van der Waals surface area contributed by atoms with Crippen molar-refractivity contribution in [1.29, 1.82) is 0 Å². The van der Waals surface area contributed by atoms with Crippen LogP contribution >= 0.6 is 0 Å². The molecule has 5 heteroatoms. The van der Waals surface area contributed by atoms with Crippen LogP contribution in [0.1, 0.15) is 18.5 Å². The molecule has 0 atom stereocenters. The van der Waals surface area contributed by atoms with E-state index in [2.05, 4.69) is 9.88 Å². The molecule has 1 aromatic rings. The fourth-order valence-electron chi connectivity index (χ4n) is 2.02. The lowest BCUT2D eigenvalue weighted by molar-refractivity contribution is 0.489. The van der Waals surface area contributed by atoms with Crippen molar-refractivity contribution in [2.45, 2.75) is 25.8 Å². The van der Waals surface area contributed by atoms with Crippen molar-refractivity contribution < 1.29 is 0 Å². The maximum atomic E-state index is 11.6. The first-order valence-electron chi connectivity index (χ1n) is 5.63. The van der Waals surface area contributed by atoms with Gasteiger partial charge in [0.1, 0.15) is 0 Å². The normalized spacial score (nSPS) is 17.8. The Morgan fingerprint density at radius 1 is 1.44 bits per heavy atom. The Morgan fingerprint density at radius 3 is 2.69 bits per heavy atom. The standard InChI is InChI=1S/C11H18N4O/c1-8-7-10(16)14(2)11(13-8)15-5-3-9(12)4-6-15/h7,9H,3-6,12H2,1-2H3. The van der Waals surface area contributed by atoms with Crippen molar-refractivity contribution in [1.82, 2.24) is 9.55 Å². The van der Waals surface area contributed by atoms with Gasteiger partial charge in [-0.2, -0.15) is 0 Å². The SMILES string of the molecule is Cc1cc(=O)n(C)c(N2CCC(N)CC2)n1. The molecule has 16 heavy (non-hydrogen) atoms. The van der Waals surface area contributed by atoms with Crippen LogP contribution in [0, 0.1) is 6.92 Å². The second-order valence-electron chi connectivity index (χ2n) is 4.42. The van der Waals surface area contributed by atoms with Crippen LogP contribution in [0.15, 0.2) is 10.9 Å². The first-order chi connectivity index (χ1) is 7.58. The van der Waals surface area contributed by atoms with Gasteiger partial charge in [0, 0.05) is 37.9 Å². The summed E-state index contributed by atoms with van der Waals surface area (Å²) < 4.78 is 1.60. The van der Waals surface area contributed by atoms with E-state index in [-0.39, 0.29) is 11.6 Å². The maximum Gasteiger partial charge on any atom is 0.254 e. The summed E-state index contributed by atoms with van der Waals surface area (Å²) >= 11 is 0. The van der Waals surface area contributed by atoms with E-state index in [1.54, 1.807) is 17.7 Å². The minimum atomic E-state index is -0.00243. The average molecular weight is 222 g/mol. The minimum Gasteiger partial charge on any atom is -0.342 e. The number of nitrogens with two attached hydrogens (primary N) is 1. The van der Waals surface area contributed by atoms with Gasteiger partial charge in [-0.05, 0) is 19.8 Å². The highest BCUT2D eigenvalue weighted by Crippen LogP contribution is 2.15. The summed E-state index contributed by atoms with van der Waals surface area (Å²) in [5, 5.41) is 0. The van der Waals surface area contributed by atoms with E-state index in [0.29, 0.717) is 0 Å². The first-order valence-corrected chi connectivity index (χ1v) is 5.63. The zero-order chi connectivity index (χ0) is 11.7. The van der Waals surface area contributed by atoms with Gasteiger partial charge >= 0.3 is 0 Å². The number of nitrogens with zero attached hydrogens (tertiary/aromatic N) is 3. The van der Waals surface area contributed by atoms with Crippen LogP contribution in [0.4, 0.5) is 5.95 Å². The second kappa shape index (κ2) is 4.25. The lowest BCUT2D eigenvalue weighted by Crippen LogP contribution is -2.42. The number of hydrogen-bond donors (Lipinski definition) is 1. The van der Waals surface area contributed by atoms with Crippen molar-refractivity contribution in [2.75, 3.05) is 18.0 Å². The van der Waals surface area contributed by atoms with E-state index in [0.717, 1.165) is 37.6 Å². The fourth-order valence-corrected chi connectivity index (χ4v) is 2.02. The molecule has 0 spiro atoms. The fraction of sp³-hybridized carbons (Fsp3) is 0.636. The predicted molar refractivity (Wildman–Crippen MR) is 63.6 cm³/mol. The molecule has 0 unspecified atom stereocenters. The highest BCUT2D eigenvalue weighted by atomic mass is 16.1. The molecule has 1 aliphatic heterocycles. The number of anilines is 1. The van der Waals surface area contributed by atoms with Crippen molar-refractivity contribution >= 4 is 5.95 Å². The number of aryl methyl sites for hydroxylation is 1. The summed E-state index contributed by atoms with van der Waals surface area (Å²) in [5.41, 5.74) is 6.63. The topological polar surface area (TPSA) is 64.2 Å². The number of hydrogen-bond acceptors (Lipinski definition) is 4. The third kappa shape index (κ3) is 2.09. The van der Waals surface area contributed by atoms with Gasteiger partial charge in [-0.15, -0.1) is 0 Å². The van der Waals surface area contributed by atoms with Crippen LogP contribution in [-0.2, 0) is 7.05 Å². The van der Waals surface area contributed by atoms with Gasteiger partial charge in [-0.25, -0.2) is 4.98 Å². The van der Waals surface area contributed by atoms with Gasteiger partial charge in [0.15, 0.2) is 0 Å². The van der Waals surface area contributed by atoms with Gasteiger partial charge in [0.05, 0.1) is 0 Å². The molecule has 0 amide bonds. The van der Waals surface area contributed by atoms with Crippen molar-refractivity contribution in [3.8, 4) is 0 Å². The van der Waals surface area contributed by atoms with E-state index in [1.807, 2.05) is 6.92 Å². The van der Waals surface area contributed by atoms with Gasteiger partial charge < -0.3 is 10.6 Å². The van der Waals surface area contributed by atoms with Crippen LogP contribution in [0.5, 0.6) is 0 Å². The van der Waals surface area contributed by atoms with E-state index in [1.165, 1.54) is 0 Å². The quantitative estimate of drug-likeness (QED) is 0.727. The Balaban J connectivity index is 2.30. The van der Waals surface area contributed by atoms with Gasteiger partial charge in [-0.3, -0.25) is 9.36 Å². The van der Waals surface area contributed by atoms with Crippen LogP contribution < -0.4 is 16.2 Å². The van der Waals surface area contributed by atoms with Crippen LogP contribution in [0.2, 0.25) is 0 Å². The number of rotatable bonds is 1. The molecule has 1 aliphatic rings. The first kappa shape index (κ1) is 11.1. The number of aromatic nitrogens is 2. The van der Waals surface area contributed by atoms with Crippen LogP contribution in [0.3, 0.4) is 0 Å². The highest BCUT2D eigenvalue weighted by molar-refractivity contribution is 5.32. The molecule has 1 aromatic heterocycles. The molecule has 0 radical (unpaired) electrons. The molecular formula is C11H18N4O. The highest BCUT2D eigenvalue weighted by Gasteiger charge is 2.19. The van der Waals surface area contributed by atoms with E-state index in [9.17, 15) is 4.79 Å². The molecule has 1 saturated heterocycles. The molecule has 88 valence electrons. The predicted octanol–water partition coefficient (Wildman–Crippen LogP) is 0.0162. The maximum absolute atomic E-state index is 11.6. The van der Waals surface area contributed by atoms with Gasteiger partial charge in [0.25, 0.3) is 5.56 Å². The van der Waals surface area contributed by atoms with Gasteiger partial charge in [-0.1, -0.05) is 0 Å². The number of piperidine rings is 1. The van der Waals surface area contributed by atoms with Crippen LogP contribution in [-0.4, -0.2) is 28.7 Å².